The third-order valence-electron chi connectivity index (χ3n) is 7.15. The fraction of sp³-hybridized carbons (Fsp3) is 0.964. The molecular weight excluding hydrogens is 445 g/mol. The number of carbonyl (C=O) groups is 1. The Kier molecular flexibility index (Phi) is 20.8. The second-order valence-electron chi connectivity index (χ2n) is 9.89. The number of amides is 1. The summed E-state index contributed by atoms with van der Waals surface area (Å²) >= 11 is 0. The quantitative estimate of drug-likeness (QED) is 0.0748. The van der Waals surface area contributed by atoms with E-state index in [2.05, 4.69) is 41.5 Å². The van der Waals surface area contributed by atoms with E-state index in [1.54, 1.807) is 0 Å². The highest BCUT2D eigenvalue weighted by Crippen LogP contribution is 2.56. The van der Waals surface area contributed by atoms with Gasteiger partial charge in [-0.1, -0.05) is 91.9 Å². The monoisotopic (exact) mass is 504 g/mol. The first-order valence-electron chi connectivity index (χ1n) is 14.7. The van der Waals surface area contributed by atoms with E-state index in [1.807, 2.05) is 0 Å². The molecule has 0 N–H and O–H groups in total. The second-order valence-corrected chi connectivity index (χ2v) is 12.1. The third kappa shape index (κ3) is 12.7. The maximum Gasteiger partial charge on any atom is 0.347 e. The molecule has 1 atom stereocenters. The smallest absolute Gasteiger partial charge is 0.308 e. The van der Waals surface area contributed by atoms with Crippen molar-refractivity contribution in [2.24, 2.45) is 0 Å². The minimum Gasteiger partial charge on any atom is -0.308 e. The first-order valence-corrected chi connectivity index (χ1v) is 16.3. The summed E-state index contributed by atoms with van der Waals surface area (Å²) in [5, 5.41) is 0. The molecule has 0 aliphatic heterocycles. The number of hydrogen-bond acceptors (Lipinski definition) is 4. The molecule has 0 aliphatic carbocycles. The van der Waals surface area contributed by atoms with Gasteiger partial charge < -0.3 is 9.05 Å². The molecule has 0 saturated heterocycles. The summed E-state index contributed by atoms with van der Waals surface area (Å²) in [4.78, 5) is 14.2. The van der Waals surface area contributed by atoms with Crippen LogP contribution in [0.2, 0.25) is 0 Å². The van der Waals surface area contributed by atoms with Crippen molar-refractivity contribution in [2.45, 2.75) is 144 Å². The Labute approximate surface area is 212 Å². The van der Waals surface area contributed by atoms with Crippen LogP contribution < -0.4 is 0 Å². The molecule has 0 heterocycles. The van der Waals surface area contributed by atoms with E-state index in [1.165, 1.54) is 38.5 Å². The third-order valence-corrected chi connectivity index (χ3v) is 9.48. The Bertz CT molecular complexity index is 522. The van der Waals surface area contributed by atoms with Gasteiger partial charge in [-0.05, 0) is 46.0 Å². The molecule has 0 aromatic carbocycles. The highest BCUT2D eigenvalue weighted by molar-refractivity contribution is 7.55. The zero-order valence-electron chi connectivity index (χ0n) is 23.7. The molecule has 34 heavy (non-hydrogen) atoms. The van der Waals surface area contributed by atoms with E-state index < -0.39 is 13.3 Å². The summed E-state index contributed by atoms with van der Waals surface area (Å²) in [6.45, 7) is 15.9. The van der Waals surface area contributed by atoms with Crippen molar-refractivity contribution in [3.8, 4) is 0 Å². The summed E-state index contributed by atoms with van der Waals surface area (Å²) in [6, 6.07) is 0. The lowest BCUT2D eigenvalue weighted by Gasteiger charge is -2.38. The van der Waals surface area contributed by atoms with Crippen LogP contribution in [0.3, 0.4) is 0 Å². The van der Waals surface area contributed by atoms with Gasteiger partial charge >= 0.3 is 13.5 Å². The molecule has 0 bridgehead atoms. The molecule has 0 rings (SSSR count). The maximum absolute atomic E-state index is 14.3. The number of carbonyl (C=O) groups excluding carboxylic acids is 1. The largest absolute Gasteiger partial charge is 0.347 e. The lowest BCUT2D eigenvalue weighted by Crippen LogP contribution is -2.57. The van der Waals surface area contributed by atoms with Crippen LogP contribution in [-0.2, 0) is 18.4 Å². The van der Waals surface area contributed by atoms with Crippen LogP contribution in [0.5, 0.6) is 0 Å². The van der Waals surface area contributed by atoms with Crippen LogP contribution in [0.4, 0.5) is 0 Å². The van der Waals surface area contributed by atoms with Crippen LogP contribution in [0, 0.1) is 0 Å². The zero-order chi connectivity index (χ0) is 25.7. The van der Waals surface area contributed by atoms with Gasteiger partial charge in [0.25, 0.3) is 0 Å². The Morgan fingerprint density at radius 2 is 1.09 bits per heavy atom. The number of quaternary nitrogens is 1. The Morgan fingerprint density at radius 3 is 1.56 bits per heavy atom. The molecule has 0 radical (unpaired) electrons. The summed E-state index contributed by atoms with van der Waals surface area (Å²) in [5.41, 5.74) is -0.654. The molecule has 0 fully saturated rings. The molecule has 1 unspecified atom stereocenters. The Morgan fingerprint density at radius 1 is 0.647 bits per heavy atom. The van der Waals surface area contributed by atoms with E-state index in [9.17, 15) is 9.36 Å². The van der Waals surface area contributed by atoms with E-state index in [-0.39, 0.29) is 5.91 Å². The van der Waals surface area contributed by atoms with Gasteiger partial charge in [0.2, 0.25) is 0 Å². The molecule has 204 valence electrons. The standard InChI is InChI=1S/C28H59NO4P/c1-7-13-17-19-20-21-23-27(34(31,32-25-15-9-3)33-26-16-10-4)28(30)29(11-5,12-6)24-22-18-14-8-2/h27H,7-26H2,1-6H3/q+1. The van der Waals surface area contributed by atoms with Crippen molar-refractivity contribution in [1.82, 2.24) is 0 Å². The summed E-state index contributed by atoms with van der Waals surface area (Å²) in [5.74, 6) is 0.0892. The highest BCUT2D eigenvalue weighted by atomic mass is 31.2. The zero-order valence-corrected chi connectivity index (χ0v) is 24.6. The average molecular weight is 505 g/mol. The normalized spacial score (nSPS) is 13.4. The van der Waals surface area contributed by atoms with E-state index >= 15 is 0 Å². The second kappa shape index (κ2) is 20.9. The topological polar surface area (TPSA) is 52.6 Å². The van der Waals surface area contributed by atoms with Crippen molar-refractivity contribution >= 4 is 13.5 Å². The molecule has 0 aromatic rings. The van der Waals surface area contributed by atoms with Crippen molar-refractivity contribution < 1.29 is 22.9 Å². The van der Waals surface area contributed by atoms with Crippen LogP contribution >= 0.6 is 7.60 Å². The van der Waals surface area contributed by atoms with E-state index in [0.717, 1.165) is 71.0 Å². The van der Waals surface area contributed by atoms with Crippen LogP contribution in [0.25, 0.3) is 0 Å². The van der Waals surface area contributed by atoms with Gasteiger partial charge in [0, 0.05) is 0 Å². The summed E-state index contributed by atoms with van der Waals surface area (Å²) in [7, 11) is -3.54. The lowest BCUT2D eigenvalue weighted by molar-refractivity contribution is -0.851. The fourth-order valence-corrected chi connectivity index (χ4v) is 6.76. The number of rotatable bonds is 24. The molecular formula is C28H59NO4P+. The molecule has 5 nitrogen and oxygen atoms in total. The van der Waals surface area contributed by atoms with Crippen LogP contribution in [0.15, 0.2) is 0 Å². The molecule has 0 spiro atoms. The first-order chi connectivity index (χ1) is 16.4. The van der Waals surface area contributed by atoms with Crippen molar-refractivity contribution in [3.05, 3.63) is 0 Å². The van der Waals surface area contributed by atoms with Gasteiger partial charge in [-0.2, -0.15) is 0 Å². The minimum absolute atomic E-state index is 0.0892. The number of unbranched alkanes of at least 4 members (excludes halogenated alkanes) is 10. The molecule has 0 saturated carbocycles. The fourth-order valence-electron chi connectivity index (χ4n) is 4.54. The highest BCUT2D eigenvalue weighted by Gasteiger charge is 2.49. The van der Waals surface area contributed by atoms with Crippen molar-refractivity contribution in [2.75, 3.05) is 32.8 Å². The predicted octanol–water partition coefficient (Wildman–Crippen LogP) is 8.90. The molecule has 0 aliphatic rings. The van der Waals surface area contributed by atoms with Gasteiger partial charge in [0.05, 0.1) is 32.8 Å². The Hall–Kier alpha value is -0.220. The number of nitrogens with zero attached hydrogens (tertiary/aromatic N) is 1. The molecule has 6 heteroatoms. The summed E-state index contributed by atoms with van der Waals surface area (Å²) in [6.07, 6.45) is 15.6. The van der Waals surface area contributed by atoms with Crippen molar-refractivity contribution in [1.29, 1.82) is 0 Å². The van der Waals surface area contributed by atoms with Crippen molar-refractivity contribution in [3.63, 3.8) is 0 Å². The number of hydrogen-bond donors (Lipinski definition) is 0. The van der Waals surface area contributed by atoms with E-state index in [0.29, 0.717) is 24.1 Å². The lowest BCUT2D eigenvalue weighted by atomic mass is 10.1. The Balaban J connectivity index is 5.79. The van der Waals surface area contributed by atoms with Gasteiger partial charge in [-0.15, -0.1) is 0 Å². The van der Waals surface area contributed by atoms with Gasteiger partial charge in [-0.3, -0.25) is 9.05 Å². The van der Waals surface area contributed by atoms with Crippen LogP contribution in [0.1, 0.15) is 138 Å². The van der Waals surface area contributed by atoms with Gasteiger partial charge in [0.15, 0.2) is 5.66 Å². The summed E-state index contributed by atoms with van der Waals surface area (Å²) < 4.78 is 26.7. The average Bonchev–Trinajstić information content (AvgIpc) is 2.84. The van der Waals surface area contributed by atoms with E-state index in [4.69, 9.17) is 9.05 Å². The van der Waals surface area contributed by atoms with Gasteiger partial charge in [0.1, 0.15) is 0 Å². The first kappa shape index (κ1) is 33.8. The molecule has 1 amide bonds. The van der Waals surface area contributed by atoms with Gasteiger partial charge in [-0.25, -0.2) is 4.79 Å². The molecule has 0 aromatic heterocycles. The maximum atomic E-state index is 14.3. The minimum atomic E-state index is -3.54. The predicted molar refractivity (Wildman–Crippen MR) is 146 cm³/mol. The SMILES string of the molecule is CCCCCCCCC(C(=O)[N+](CC)(CC)CCCCCC)P(=O)(OCCCC)OCCCC. The van der Waals surface area contributed by atoms with Crippen LogP contribution in [-0.4, -0.2) is 48.9 Å².